The molecule has 5 rings (SSSR count). The Morgan fingerprint density at radius 1 is 0.972 bits per heavy atom. The van der Waals surface area contributed by atoms with E-state index in [1.54, 1.807) is 6.20 Å². The number of halogens is 1. The summed E-state index contributed by atoms with van der Waals surface area (Å²) in [4.78, 5) is 12.9. The van der Waals surface area contributed by atoms with Crippen molar-refractivity contribution in [3.05, 3.63) is 94.6 Å². The molecule has 0 unspecified atom stereocenters. The van der Waals surface area contributed by atoms with Crippen molar-refractivity contribution < 1.29 is 9.18 Å². The van der Waals surface area contributed by atoms with Crippen LogP contribution in [-0.4, -0.2) is 28.8 Å². The van der Waals surface area contributed by atoms with Crippen LogP contribution in [0, 0.1) is 5.82 Å². The number of aromatic nitrogens is 2. The van der Waals surface area contributed by atoms with E-state index in [0.717, 1.165) is 55.5 Å². The smallest absolute Gasteiger partial charge is 0.254 e. The van der Waals surface area contributed by atoms with Crippen molar-refractivity contribution in [1.29, 1.82) is 0 Å². The van der Waals surface area contributed by atoms with Crippen molar-refractivity contribution in [2.24, 2.45) is 0 Å². The van der Waals surface area contributed by atoms with Crippen molar-refractivity contribution in [1.82, 2.24) is 20.4 Å². The van der Waals surface area contributed by atoms with E-state index in [1.807, 2.05) is 29.9 Å². The average Bonchev–Trinajstić information content (AvgIpc) is 3.42. The van der Waals surface area contributed by atoms with Gasteiger partial charge in [-0.1, -0.05) is 61.2 Å². The fourth-order valence-corrected chi connectivity index (χ4v) is 5.47. The summed E-state index contributed by atoms with van der Waals surface area (Å²) in [5.41, 5.74) is 6.39. The summed E-state index contributed by atoms with van der Waals surface area (Å²) in [7, 11) is 0. The maximum Gasteiger partial charge on any atom is 0.254 e. The summed E-state index contributed by atoms with van der Waals surface area (Å²) in [6.07, 6.45) is 11.6. The van der Waals surface area contributed by atoms with Crippen LogP contribution >= 0.6 is 0 Å². The van der Waals surface area contributed by atoms with Crippen molar-refractivity contribution in [2.75, 3.05) is 13.1 Å². The van der Waals surface area contributed by atoms with Crippen molar-refractivity contribution >= 4 is 11.5 Å². The zero-order chi connectivity index (χ0) is 24.9. The highest BCUT2D eigenvalue weighted by Crippen LogP contribution is 2.32. The van der Waals surface area contributed by atoms with Crippen LogP contribution in [-0.2, 0) is 0 Å². The van der Waals surface area contributed by atoms with Crippen LogP contribution in [0.1, 0.15) is 91.0 Å². The van der Waals surface area contributed by atoms with Gasteiger partial charge in [0, 0.05) is 6.20 Å². The maximum atomic E-state index is 13.6. The molecule has 3 aromatic rings. The van der Waals surface area contributed by atoms with E-state index >= 15 is 0 Å². The fourth-order valence-electron chi connectivity index (χ4n) is 5.47. The molecule has 1 saturated carbocycles. The molecule has 188 valence electrons. The lowest BCUT2D eigenvalue weighted by Crippen LogP contribution is -2.26. The van der Waals surface area contributed by atoms with Gasteiger partial charge in [-0.25, -0.2) is 4.39 Å². The number of carbonyl (C=O) groups is 1. The summed E-state index contributed by atoms with van der Waals surface area (Å²) in [6.45, 7) is 3.92. The number of amides is 1. The monoisotopic (exact) mass is 486 g/mol. The second kappa shape index (κ2) is 11.2. The Kier molecular flexibility index (Phi) is 7.61. The van der Waals surface area contributed by atoms with Crippen molar-refractivity contribution in [2.45, 2.75) is 64.0 Å². The molecule has 6 heteroatoms. The lowest BCUT2D eigenvalue weighted by Gasteiger charge is -2.22. The van der Waals surface area contributed by atoms with Gasteiger partial charge in [0.1, 0.15) is 5.82 Å². The van der Waals surface area contributed by atoms with Gasteiger partial charge in [0.05, 0.1) is 23.8 Å². The Balaban J connectivity index is 1.30. The van der Waals surface area contributed by atoms with E-state index in [0.29, 0.717) is 11.6 Å². The van der Waals surface area contributed by atoms with Crippen LogP contribution in [0.2, 0.25) is 0 Å². The molecule has 2 aliphatic rings. The third-order valence-corrected chi connectivity index (χ3v) is 7.55. The SMILES string of the molecule is C[C@@H](NC(=O)c1cnn(C2CCCCC2)c1)c1ccc(C(=C2CCNCC2)c2ccc(F)cc2)cc1. The Morgan fingerprint density at radius 3 is 2.28 bits per heavy atom. The molecule has 1 aromatic heterocycles. The minimum absolute atomic E-state index is 0.0996. The number of nitrogens with one attached hydrogen (secondary N) is 2. The van der Waals surface area contributed by atoms with E-state index in [2.05, 4.69) is 40.0 Å². The largest absolute Gasteiger partial charge is 0.345 e. The van der Waals surface area contributed by atoms with Gasteiger partial charge in [0.25, 0.3) is 5.91 Å². The molecule has 1 saturated heterocycles. The molecule has 5 nitrogen and oxygen atoms in total. The van der Waals surface area contributed by atoms with Crippen LogP contribution in [0.3, 0.4) is 0 Å². The quantitative estimate of drug-likeness (QED) is 0.436. The molecule has 2 aromatic carbocycles. The Morgan fingerprint density at radius 2 is 1.61 bits per heavy atom. The third kappa shape index (κ3) is 5.59. The van der Waals surface area contributed by atoms with E-state index in [-0.39, 0.29) is 17.8 Å². The molecular weight excluding hydrogens is 451 g/mol. The van der Waals surface area contributed by atoms with Crippen molar-refractivity contribution in [3.8, 4) is 0 Å². The van der Waals surface area contributed by atoms with Gasteiger partial charge in [-0.2, -0.15) is 5.10 Å². The topological polar surface area (TPSA) is 59.0 Å². The number of hydrogen-bond acceptors (Lipinski definition) is 3. The van der Waals surface area contributed by atoms with Gasteiger partial charge >= 0.3 is 0 Å². The first-order chi connectivity index (χ1) is 17.6. The lowest BCUT2D eigenvalue weighted by atomic mass is 9.88. The average molecular weight is 487 g/mol. The van der Waals surface area contributed by atoms with Gasteiger partial charge in [0.2, 0.25) is 0 Å². The highest BCUT2D eigenvalue weighted by molar-refractivity contribution is 5.94. The number of nitrogens with zero attached hydrogens (tertiary/aromatic N) is 2. The summed E-state index contributed by atoms with van der Waals surface area (Å²) in [5.74, 6) is -0.324. The second-order valence-corrected chi connectivity index (χ2v) is 10.1. The molecule has 0 spiro atoms. The first kappa shape index (κ1) is 24.4. The van der Waals surface area contributed by atoms with Crippen LogP contribution in [0.5, 0.6) is 0 Å². The number of benzene rings is 2. The summed E-state index contributed by atoms with van der Waals surface area (Å²) in [5, 5.41) is 11.0. The summed E-state index contributed by atoms with van der Waals surface area (Å²) < 4.78 is 15.6. The highest BCUT2D eigenvalue weighted by Gasteiger charge is 2.20. The van der Waals surface area contributed by atoms with Crippen LogP contribution in [0.15, 0.2) is 66.5 Å². The highest BCUT2D eigenvalue weighted by atomic mass is 19.1. The Hall–Kier alpha value is -3.25. The zero-order valence-corrected chi connectivity index (χ0v) is 21.0. The van der Waals surface area contributed by atoms with E-state index in [9.17, 15) is 9.18 Å². The minimum atomic E-state index is -0.224. The predicted octanol–water partition coefficient (Wildman–Crippen LogP) is 6.20. The number of carbonyl (C=O) groups excluding carboxylic acids is 1. The molecule has 1 amide bonds. The zero-order valence-electron chi connectivity index (χ0n) is 21.0. The van der Waals surface area contributed by atoms with Gasteiger partial charge in [0.15, 0.2) is 0 Å². The van der Waals surface area contributed by atoms with E-state index in [4.69, 9.17) is 0 Å². The molecule has 1 aliphatic carbocycles. The summed E-state index contributed by atoms with van der Waals surface area (Å²) >= 11 is 0. The molecule has 1 atom stereocenters. The third-order valence-electron chi connectivity index (χ3n) is 7.55. The maximum absolute atomic E-state index is 13.6. The Labute approximate surface area is 212 Å². The Bertz CT molecular complexity index is 1200. The number of hydrogen-bond donors (Lipinski definition) is 2. The molecule has 0 bridgehead atoms. The van der Waals surface area contributed by atoms with Gasteiger partial charge in [-0.05, 0) is 80.1 Å². The molecule has 2 N–H and O–H groups in total. The lowest BCUT2D eigenvalue weighted by molar-refractivity contribution is 0.0939. The second-order valence-electron chi connectivity index (χ2n) is 10.1. The molecule has 36 heavy (non-hydrogen) atoms. The molecule has 0 radical (unpaired) electrons. The number of rotatable bonds is 6. The van der Waals surface area contributed by atoms with Gasteiger partial charge in [-0.3, -0.25) is 9.48 Å². The van der Waals surface area contributed by atoms with E-state index < -0.39 is 0 Å². The first-order valence-electron chi connectivity index (χ1n) is 13.2. The van der Waals surface area contributed by atoms with Crippen LogP contribution in [0.25, 0.3) is 5.57 Å². The van der Waals surface area contributed by atoms with Crippen LogP contribution < -0.4 is 10.6 Å². The molecular formula is C30H35FN4O. The first-order valence-corrected chi connectivity index (χ1v) is 13.2. The molecule has 2 heterocycles. The van der Waals surface area contributed by atoms with Crippen molar-refractivity contribution in [3.63, 3.8) is 0 Å². The number of piperidine rings is 1. The standard InChI is InChI=1S/C30H35FN4O/c1-21(34-30(36)26-19-33-35(20-26)28-5-3-2-4-6-28)22-7-9-23(10-8-22)29(25-15-17-32-18-16-25)24-11-13-27(31)14-12-24/h7-14,19-21,28,32H,2-6,15-18H2,1H3,(H,34,36)/t21-/m1/s1. The van der Waals surface area contributed by atoms with Crippen LogP contribution in [0.4, 0.5) is 4.39 Å². The predicted molar refractivity (Wildman–Crippen MR) is 141 cm³/mol. The summed E-state index contributed by atoms with van der Waals surface area (Å²) in [6, 6.07) is 15.5. The fraction of sp³-hybridized carbons (Fsp3) is 0.400. The molecule has 2 fully saturated rings. The van der Waals surface area contributed by atoms with E-state index in [1.165, 1.54) is 42.5 Å². The molecule has 1 aliphatic heterocycles. The van der Waals surface area contributed by atoms with Gasteiger partial charge < -0.3 is 10.6 Å². The van der Waals surface area contributed by atoms with Gasteiger partial charge in [-0.15, -0.1) is 0 Å². The normalized spacial score (nSPS) is 17.6. The minimum Gasteiger partial charge on any atom is -0.345 e.